The molecule has 0 radical (unpaired) electrons. The van der Waals surface area contributed by atoms with Gasteiger partial charge in [0.15, 0.2) is 0 Å². The average Bonchev–Trinajstić information content (AvgIpc) is 2.14. The lowest BCUT2D eigenvalue weighted by atomic mass is 10.1. The molecule has 1 aromatic rings. The van der Waals surface area contributed by atoms with Crippen LogP contribution in [0, 0.1) is 0 Å². The maximum atomic E-state index is 11.8. The van der Waals surface area contributed by atoms with Crippen LogP contribution in [-0.2, 0) is 6.42 Å². The van der Waals surface area contributed by atoms with Crippen LogP contribution in [0.1, 0.15) is 5.56 Å². The minimum absolute atomic E-state index is 0.196. The number of nitrogens with one attached hydrogen (secondary N) is 1. The molecule has 0 aliphatic carbocycles. The summed E-state index contributed by atoms with van der Waals surface area (Å²) in [6.45, 7) is 0.708. The highest BCUT2D eigenvalue weighted by atomic mass is 79.9. The smallest absolute Gasteiger partial charge is 0.406 e. The summed E-state index contributed by atoms with van der Waals surface area (Å²) in [5.41, 5.74) is 0.941. The van der Waals surface area contributed by atoms with Gasteiger partial charge in [-0.2, -0.15) is 0 Å². The van der Waals surface area contributed by atoms with Crippen LogP contribution in [-0.4, -0.2) is 12.9 Å². The van der Waals surface area contributed by atoms with E-state index in [1.54, 1.807) is 12.1 Å². The molecule has 0 saturated heterocycles. The van der Waals surface area contributed by atoms with E-state index in [1.807, 2.05) is 0 Å². The molecule has 15 heavy (non-hydrogen) atoms. The van der Waals surface area contributed by atoms with Gasteiger partial charge < -0.3 is 4.74 Å². The number of hydrogen-bond donors (Lipinski definition) is 1. The summed E-state index contributed by atoms with van der Waals surface area (Å²) in [6, 6.07) is 5.81. The lowest BCUT2D eigenvalue weighted by Crippen LogP contribution is -2.17. The normalized spacial score (nSPS) is 11.5. The highest BCUT2D eigenvalue weighted by Gasteiger charge is 2.30. The van der Waals surface area contributed by atoms with Crippen molar-refractivity contribution in [3.8, 4) is 5.75 Å². The van der Waals surface area contributed by atoms with E-state index in [4.69, 9.17) is 0 Å². The Balaban J connectivity index is 2.56. The second-order valence-electron chi connectivity index (χ2n) is 2.83. The van der Waals surface area contributed by atoms with Gasteiger partial charge in [-0.25, -0.2) is 0 Å². The number of benzene rings is 1. The summed E-state index contributed by atoms with van der Waals surface area (Å²) >= 11 is 3.04. The van der Waals surface area contributed by atoms with Crippen LogP contribution in [0.25, 0.3) is 0 Å². The van der Waals surface area contributed by atoms with Gasteiger partial charge in [-0.3, -0.25) is 4.34 Å². The summed E-state index contributed by atoms with van der Waals surface area (Å²) in [7, 11) is 0. The monoisotopic (exact) mass is 283 g/mol. The first-order valence-corrected chi connectivity index (χ1v) is 4.99. The van der Waals surface area contributed by atoms with E-state index in [0.29, 0.717) is 6.54 Å². The molecule has 0 bridgehead atoms. The van der Waals surface area contributed by atoms with E-state index in [9.17, 15) is 13.2 Å². The summed E-state index contributed by atoms with van der Waals surface area (Å²) in [5, 5.41) is 0. The summed E-state index contributed by atoms with van der Waals surface area (Å²) in [4.78, 5) is 0. The maximum Gasteiger partial charge on any atom is 0.573 e. The minimum atomic E-state index is -4.63. The van der Waals surface area contributed by atoms with Crippen molar-refractivity contribution in [2.24, 2.45) is 0 Å². The lowest BCUT2D eigenvalue weighted by molar-refractivity contribution is -0.274. The van der Waals surface area contributed by atoms with Gasteiger partial charge in [0.2, 0.25) is 0 Å². The van der Waals surface area contributed by atoms with Crippen LogP contribution in [0.15, 0.2) is 24.3 Å². The lowest BCUT2D eigenvalue weighted by Gasteiger charge is -2.09. The topological polar surface area (TPSA) is 21.3 Å². The predicted octanol–water partition coefficient (Wildman–Crippen LogP) is 3.03. The molecular weight excluding hydrogens is 275 g/mol. The highest BCUT2D eigenvalue weighted by Crippen LogP contribution is 2.22. The van der Waals surface area contributed by atoms with Crippen molar-refractivity contribution in [3.63, 3.8) is 0 Å². The van der Waals surface area contributed by atoms with Gasteiger partial charge in [0.25, 0.3) is 0 Å². The molecule has 6 heteroatoms. The molecule has 84 valence electrons. The van der Waals surface area contributed by atoms with Crippen LogP contribution < -0.4 is 9.08 Å². The molecular formula is C9H9BrF3NO. The fraction of sp³-hybridized carbons (Fsp3) is 0.333. The first kappa shape index (κ1) is 12.3. The van der Waals surface area contributed by atoms with E-state index in [2.05, 4.69) is 25.2 Å². The summed E-state index contributed by atoms with van der Waals surface area (Å²) in [5.74, 6) is -0.196. The Morgan fingerprint density at radius 2 is 1.80 bits per heavy atom. The van der Waals surface area contributed by atoms with Crippen LogP contribution in [0.5, 0.6) is 5.75 Å². The van der Waals surface area contributed by atoms with E-state index in [1.165, 1.54) is 12.1 Å². The summed E-state index contributed by atoms with van der Waals surface area (Å²) < 4.78 is 41.9. The Hall–Kier alpha value is -0.750. The van der Waals surface area contributed by atoms with Crippen molar-refractivity contribution in [1.29, 1.82) is 0 Å². The minimum Gasteiger partial charge on any atom is -0.406 e. The Labute approximate surface area is 93.8 Å². The Kier molecular flexibility index (Phi) is 4.41. The molecule has 1 rings (SSSR count). The fourth-order valence-corrected chi connectivity index (χ4v) is 1.25. The molecule has 0 aromatic heterocycles. The van der Waals surface area contributed by atoms with E-state index < -0.39 is 6.36 Å². The molecule has 0 aliphatic rings. The zero-order valence-electron chi connectivity index (χ0n) is 7.64. The molecule has 0 unspecified atom stereocenters. The van der Waals surface area contributed by atoms with Crippen molar-refractivity contribution >= 4 is 16.1 Å². The van der Waals surface area contributed by atoms with Crippen molar-refractivity contribution in [1.82, 2.24) is 4.34 Å². The Bertz CT molecular complexity index is 299. The molecule has 1 aromatic carbocycles. The van der Waals surface area contributed by atoms with Gasteiger partial charge in [-0.15, -0.1) is 13.2 Å². The van der Waals surface area contributed by atoms with Crippen LogP contribution in [0.2, 0.25) is 0 Å². The number of hydrogen-bond acceptors (Lipinski definition) is 2. The van der Waals surface area contributed by atoms with Gasteiger partial charge in [0.1, 0.15) is 5.75 Å². The number of rotatable bonds is 4. The molecule has 0 aliphatic heterocycles. The summed E-state index contributed by atoms with van der Waals surface area (Å²) in [6.07, 6.45) is -3.89. The van der Waals surface area contributed by atoms with Gasteiger partial charge in [-0.05, 0) is 24.1 Å². The molecule has 1 N–H and O–H groups in total. The number of alkyl halides is 3. The number of ether oxygens (including phenoxy) is 1. The van der Waals surface area contributed by atoms with Gasteiger partial charge >= 0.3 is 6.36 Å². The third-order valence-electron chi connectivity index (χ3n) is 1.67. The second kappa shape index (κ2) is 5.37. The van der Waals surface area contributed by atoms with Crippen LogP contribution in [0.3, 0.4) is 0 Å². The zero-order valence-corrected chi connectivity index (χ0v) is 9.23. The van der Waals surface area contributed by atoms with Crippen LogP contribution in [0.4, 0.5) is 13.2 Å². The molecule has 0 amide bonds. The standard InChI is InChI=1S/C9H9BrF3NO/c10-14-6-5-7-1-3-8(4-2-7)15-9(11,12)13/h1-4,14H,5-6H2. The van der Waals surface area contributed by atoms with Gasteiger partial charge in [-0.1, -0.05) is 12.1 Å². The van der Waals surface area contributed by atoms with Crippen LogP contribution >= 0.6 is 16.1 Å². The predicted molar refractivity (Wildman–Crippen MR) is 53.8 cm³/mol. The average molecular weight is 284 g/mol. The quantitative estimate of drug-likeness (QED) is 0.858. The molecule has 0 fully saturated rings. The van der Waals surface area contributed by atoms with Crippen molar-refractivity contribution in [2.75, 3.05) is 6.54 Å². The van der Waals surface area contributed by atoms with Gasteiger partial charge in [0, 0.05) is 22.7 Å². The van der Waals surface area contributed by atoms with E-state index >= 15 is 0 Å². The molecule has 0 heterocycles. The fourth-order valence-electron chi connectivity index (χ4n) is 1.05. The Morgan fingerprint density at radius 3 is 2.27 bits per heavy atom. The number of halogens is 4. The first-order valence-electron chi connectivity index (χ1n) is 4.19. The highest BCUT2D eigenvalue weighted by molar-refractivity contribution is 9.08. The van der Waals surface area contributed by atoms with Crippen molar-refractivity contribution < 1.29 is 17.9 Å². The molecule has 0 spiro atoms. The largest absolute Gasteiger partial charge is 0.573 e. The SMILES string of the molecule is FC(F)(F)Oc1ccc(CCNBr)cc1. The zero-order chi connectivity index (χ0) is 11.3. The molecule has 0 saturated carbocycles. The van der Waals surface area contributed by atoms with E-state index in [0.717, 1.165) is 12.0 Å². The van der Waals surface area contributed by atoms with Gasteiger partial charge in [0.05, 0.1) is 0 Å². The molecule has 0 atom stereocenters. The Morgan fingerprint density at radius 1 is 1.20 bits per heavy atom. The third-order valence-corrected chi connectivity index (χ3v) is 2.06. The second-order valence-corrected chi connectivity index (χ2v) is 3.39. The first-order chi connectivity index (χ1) is 7.01. The van der Waals surface area contributed by atoms with Crippen molar-refractivity contribution in [3.05, 3.63) is 29.8 Å². The third kappa shape index (κ3) is 5.03. The molecule has 2 nitrogen and oxygen atoms in total. The van der Waals surface area contributed by atoms with Crippen molar-refractivity contribution in [2.45, 2.75) is 12.8 Å². The maximum absolute atomic E-state index is 11.8. The van der Waals surface area contributed by atoms with E-state index in [-0.39, 0.29) is 5.75 Å².